The van der Waals surface area contributed by atoms with Gasteiger partial charge in [0.25, 0.3) is 0 Å². The van der Waals surface area contributed by atoms with Crippen LogP contribution in [0.15, 0.2) is 12.1 Å². The maximum absolute atomic E-state index is 6.59. The molecule has 0 unspecified atom stereocenters. The summed E-state index contributed by atoms with van der Waals surface area (Å²) in [5.41, 5.74) is 1.10. The Morgan fingerprint density at radius 1 is 1.19 bits per heavy atom. The summed E-state index contributed by atoms with van der Waals surface area (Å²) in [4.78, 5) is 4.57. The van der Waals surface area contributed by atoms with Gasteiger partial charge in [-0.1, -0.05) is 24.6 Å². The molecule has 0 aliphatic carbocycles. The number of halogens is 1. The van der Waals surface area contributed by atoms with Gasteiger partial charge in [0, 0.05) is 5.46 Å². The highest BCUT2D eigenvalue weighted by molar-refractivity contribution is 7.19. The molecule has 1 aliphatic rings. The molecule has 1 aromatic heterocycles. The third kappa shape index (κ3) is 2.40. The van der Waals surface area contributed by atoms with Gasteiger partial charge in [-0.2, -0.15) is 0 Å². The predicted octanol–water partition coefficient (Wildman–Crippen LogP) is 3.81. The van der Waals surface area contributed by atoms with Gasteiger partial charge in [0.05, 0.1) is 31.4 Å². The van der Waals surface area contributed by atoms with Gasteiger partial charge >= 0.3 is 7.12 Å². The van der Waals surface area contributed by atoms with Crippen LogP contribution >= 0.6 is 22.9 Å². The maximum Gasteiger partial charge on any atom is 0.496 e. The monoisotopic (exact) mass is 323 g/mol. The Morgan fingerprint density at radius 2 is 1.81 bits per heavy atom. The first kappa shape index (κ1) is 15.3. The van der Waals surface area contributed by atoms with Crippen LogP contribution in [0.25, 0.3) is 10.2 Å². The Bertz CT molecular complexity index is 682. The molecule has 21 heavy (non-hydrogen) atoms. The van der Waals surface area contributed by atoms with Crippen LogP contribution in [-0.4, -0.2) is 23.3 Å². The van der Waals surface area contributed by atoms with Crippen molar-refractivity contribution in [3.63, 3.8) is 0 Å². The van der Waals surface area contributed by atoms with E-state index in [1.54, 1.807) is 11.3 Å². The van der Waals surface area contributed by atoms with E-state index in [9.17, 15) is 0 Å². The van der Waals surface area contributed by atoms with Crippen LogP contribution in [0, 0.1) is 0 Å². The van der Waals surface area contributed by atoms with Crippen molar-refractivity contribution >= 4 is 45.7 Å². The summed E-state index contributed by atoms with van der Waals surface area (Å²) in [6.07, 6.45) is 0.918. The minimum atomic E-state index is -0.431. The highest BCUT2D eigenvalue weighted by Crippen LogP contribution is 2.38. The van der Waals surface area contributed by atoms with Crippen molar-refractivity contribution in [1.29, 1.82) is 0 Å². The van der Waals surface area contributed by atoms with Crippen molar-refractivity contribution < 1.29 is 9.31 Å². The molecular formula is C15H19BClNO2S. The number of aryl methyl sites for hydroxylation is 1. The third-order valence-electron chi connectivity index (χ3n) is 4.38. The molecule has 1 fully saturated rings. The molecule has 0 saturated carbocycles. The van der Waals surface area contributed by atoms with E-state index in [1.807, 2.05) is 39.8 Å². The fourth-order valence-electron chi connectivity index (χ4n) is 2.32. The molecule has 0 spiro atoms. The van der Waals surface area contributed by atoms with Crippen molar-refractivity contribution in [3.8, 4) is 0 Å². The summed E-state index contributed by atoms with van der Waals surface area (Å²) < 4.78 is 13.2. The first-order valence-corrected chi connectivity index (χ1v) is 8.38. The van der Waals surface area contributed by atoms with Gasteiger partial charge in [-0.3, -0.25) is 0 Å². The highest BCUT2D eigenvalue weighted by atomic mass is 35.5. The van der Waals surface area contributed by atoms with Crippen molar-refractivity contribution in [2.75, 3.05) is 0 Å². The Labute approximate surface area is 134 Å². The predicted molar refractivity (Wildman–Crippen MR) is 89.7 cm³/mol. The van der Waals surface area contributed by atoms with Crippen LogP contribution in [0.5, 0.6) is 0 Å². The molecule has 1 aliphatic heterocycles. The van der Waals surface area contributed by atoms with Crippen molar-refractivity contribution in [1.82, 2.24) is 4.98 Å². The number of rotatable bonds is 2. The lowest BCUT2D eigenvalue weighted by Gasteiger charge is -2.32. The molecule has 2 heterocycles. The third-order valence-corrected chi connectivity index (χ3v) is 6.13. The molecule has 0 radical (unpaired) electrons. The fraction of sp³-hybridized carbons (Fsp3) is 0.533. The summed E-state index contributed by atoms with van der Waals surface area (Å²) in [7, 11) is -0.431. The van der Waals surface area contributed by atoms with E-state index in [0.717, 1.165) is 27.1 Å². The summed E-state index contributed by atoms with van der Waals surface area (Å²) >= 11 is 8.23. The summed E-state index contributed by atoms with van der Waals surface area (Å²) in [6.45, 7) is 10.3. The summed E-state index contributed by atoms with van der Waals surface area (Å²) in [6, 6.07) is 3.96. The standard InChI is InChI=1S/C15H19BClNO2S/c1-6-11-18-10-8-7-9(12(17)13(10)21-11)16-19-14(2,3)15(4,5)20-16/h7-8H,6H2,1-5H3. The van der Waals surface area contributed by atoms with E-state index >= 15 is 0 Å². The number of aromatic nitrogens is 1. The molecule has 1 aromatic carbocycles. The molecule has 0 bridgehead atoms. The smallest absolute Gasteiger partial charge is 0.399 e. The lowest BCUT2D eigenvalue weighted by Crippen LogP contribution is -2.41. The SMILES string of the molecule is CCc1nc2ccc(B3OC(C)(C)C(C)(C)O3)c(Cl)c2s1. The normalized spacial score (nSPS) is 20.4. The molecule has 3 nitrogen and oxygen atoms in total. The number of thiazole rings is 1. The van der Waals surface area contributed by atoms with Crippen LogP contribution in [0.1, 0.15) is 39.6 Å². The minimum absolute atomic E-state index is 0.363. The second kappa shape index (κ2) is 4.95. The maximum atomic E-state index is 6.59. The van der Waals surface area contributed by atoms with E-state index in [0.29, 0.717) is 5.02 Å². The second-order valence-electron chi connectivity index (χ2n) is 6.37. The Morgan fingerprint density at radius 3 is 2.38 bits per heavy atom. The quantitative estimate of drug-likeness (QED) is 0.788. The van der Waals surface area contributed by atoms with Gasteiger partial charge in [0.2, 0.25) is 0 Å². The lowest BCUT2D eigenvalue weighted by molar-refractivity contribution is 0.00578. The number of benzene rings is 1. The van der Waals surface area contributed by atoms with Gasteiger partial charge in [0.1, 0.15) is 0 Å². The number of hydrogen-bond donors (Lipinski definition) is 0. The highest BCUT2D eigenvalue weighted by Gasteiger charge is 2.52. The zero-order valence-corrected chi connectivity index (χ0v) is 14.6. The average molecular weight is 324 g/mol. The molecule has 0 atom stereocenters. The molecule has 112 valence electrons. The van der Waals surface area contributed by atoms with Gasteiger partial charge in [-0.25, -0.2) is 4.98 Å². The summed E-state index contributed by atoms with van der Waals surface area (Å²) in [5.74, 6) is 0. The molecule has 1 saturated heterocycles. The van der Waals surface area contributed by atoms with Gasteiger partial charge in [-0.15, -0.1) is 11.3 Å². The Hall–Kier alpha value is -0.615. The fourth-order valence-corrected chi connectivity index (χ4v) is 3.64. The average Bonchev–Trinajstić information content (AvgIpc) is 2.89. The van der Waals surface area contributed by atoms with E-state index in [1.165, 1.54) is 0 Å². The van der Waals surface area contributed by atoms with E-state index in [-0.39, 0.29) is 11.2 Å². The zero-order chi connectivity index (χ0) is 15.4. The first-order valence-electron chi connectivity index (χ1n) is 7.18. The summed E-state index contributed by atoms with van der Waals surface area (Å²) in [5, 5.41) is 1.79. The van der Waals surface area contributed by atoms with Gasteiger partial charge < -0.3 is 9.31 Å². The first-order chi connectivity index (χ1) is 9.75. The largest absolute Gasteiger partial charge is 0.496 e. The van der Waals surface area contributed by atoms with Crippen molar-refractivity contribution in [2.24, 2.45) is 0 Å². The van der Waals surface area contributed by atoms with Crippen LogP contribution in [0.3, 0.4) is 0 Å². The van der Waals surface area contributed by atoms with Crippen molar-refractivity contribution in [2.45, 2.75) is 52.2 Å². The molecule has 2 aromatic rings. The van der Waals surface area contributed by atoms with E-state index in [2.05, 4.69) is 11.9 Å². The molecule has 6 heteroatoms. The van der Waals surface area contributed by atoms with E-state index in [4.69, 9.17) is 20.9 Å². The second-order valence-corrected chi connectivity index (χ2v) is 7.83. The van der Waals surface area contributed by atoms with Gasteiger partial charge in [0.15, 0.2) is 0 Å². The minimum Gasteiger partial charge on any atom is -0.399 e. The lowest BCUT2D eigenvalue weighted by atomic mass is 9.79. The number of fused-ring (bicyclic) bond motifs is 1. The van der Waals surface area contributed by atoms with Crippen LogP contribution in [0.4, 0.5) is 0 Å². The van der Waals surface area contributed by atoms with Crippen molar-refractivity contribution in [3.05, 3.63) is 22.2 Å². The Balaban J connectivity index is 2.04. The molecule has 3 rings (SSSR count). The van der Waals surface area contributed by atoms with E-state index < -0.39 is 7.12 Å². The van der Waals surface area contributed by atoms with Crippen LogP contribution < -0.4 is 5.46 Å². The topological polar surface area (TPSA) is 31.4 Å². The molecule has 0 N–H and O–H groups in total. The number of hydrogen-bond acceptors (Lipinski definition) is 4. The Kier molecular flexibility index (Phi) is 3.60. The van der Waals surface area contributed by atoms with Gasteiger partial charge in [-0.05, 0) is 40.2 Å². The molecular weight excluding hydrogens is 305 g/mol. The van der Waals surface area contributed by atoms with Crippen LogP contribution in [-0.2, 0) is 15.7 Å². The number of nitrogens with zero attached hydrogens (tertiary/aromatic N) is 1. The zero-order valence-electron chi connectivity index (χ0n) is 13.0. The van der Waals surface area contributed by atoms with Crippen LogP contribution in [0.2, 0.25) is 5.02 Å². The molecule has 0 amide bonds.